The van der Waals surface area contributed by atoms with Crippen molar-refractivity contribution in [1.82, 2.24) is 24.6 Å². The van der Waals surface area contributed by atoms with Gasteiger partial charge in [0.15, 0.2) is 11.1 Å². The second kappa shape index (κ2) is 7.55. The van der Waals surface area contributed by atoms with Crippen LogP contribution in [0.3, 0.4) is 0 Å². The molecule has 2 aliphatic rings. The number of nitrogens with zero attached hydrogens (tertiary/aromatic N) is 4. The maximum atomic E-state index is 12.4. The van der Waals surface area contributed by atoms with Gasteiger partial charge in [-0.15, -0.1) is 0 Å². The summed E-state index contributed by atoms with van der Waals surface area (Å²) in [6.07, 6.45) is 6.55. The molecule has 4 N–H and O–H groups in total. The smallest absolute Gasteiger partial charge is 0.326 e. The Morgan fingerprint density at radius 1 is 1.18 bits per heavy atom. The molecule has 1 aromatic carbocycles. The number of fused-ring (bicyclic) bond motifs is 1. The van der Waals surface area contributed by atoms with Crippen molar-refractivity contribution in [2.45, 2.75) is 37.0 Å². The van der Waals surface area contributed by atoms with E-state index in [4.69, 9.17) is 9.98 Å². The largest absolute Gasteiger partial charge is 0.493 e. The molecule has 174 valence electrons. The predicted molar refractivity (Wildman–Crippen MR) is 124 cm³/mol. The van der Waals surface area contributed by atoms with Gasteiger partial charge in [0, 0.05) is 22.5 Å². The van der Waals surface area contributed by atoms with Crippen molar-refractivity contribution in [2.75, 3.05) is 4.72 Å². The molecule has 0 spiro atoms. The Bertz CT molecular complexity index is 1710. The molecule has 12 heteroatoms. The number of H-pyrrole nitrogens is 2. The van der Waals surface area contributed by atoms with E-state index in [1.807, 2.05) is 12.1 Å². The molecule has 0 aliphatic heterocycles. The van der Waals surface area contributed by atoms with Crippen molar-refractivity contribution >= 4 is 27.4 Å². The third-order valence-electron chi connectivity index (χ3n) is 5.76. The van der Waals surface area contributed by atoms with E-state index in [1.165, 1.54) is 0 Å². The van der Waals surface area contributed by atoms with Gasteiger partial charge in [-0.3, -0.25) is 14.7 Å². The zero-order valence-corrected chi connectivity index (χ0v) is 18.7. The summed E-state index contributed by atoms with van der Waals surface area (Å²) in [6.45, 7) is 0. The van der Waals surface area contributed by atoms with Gasteiger partial charge >= 0.3 is 5.69 Å². The fourth-order valence-electron chi connectivity index (χ4n) is 3.71. The highest BCUT2D eigenvalue weighted by molar-refractivity contribution is 7.93. The maximum absolute atomic E-state index is 12.4. The first-order chi connectivity index (χ1) is 16.4. The maximum Gasteiger partial charge on any atom is 0.326 e. The van der Waals surface area contributed by atoms with E-state index in [9.17, 15) is 18.3 Å². The van der Waals surface area contributed by atoms with Gasteiger partial charge in [-0.2, -0.15) is 9.61 Å². The van der Waals surface area contributed by atoms with Crippen molar-refractivity contribution in [1.29, 1.82) is 0 Å². The Labute approximate surface area is 193 Å². The Hall–Kier alpha value is -3.93. The summed E-state index contributed by atoms with van der Waals surface area (Å²) >= 11 is 0. The van der Waals surface area contributed by atoms with E-state index in [2.05, 4.69) is 19.8 Å². The van der Waals surface area contributed by atoms with E-state index in [1.54, 1.807) is 35.0 Å². The van der Waals surface area contributed by atoms with Gasteiger partial charge < -0.3 is 10.1 Å². The van der Waals surface area contributed by atoms with Gasteiger partial charge in [0.25, 0.3) is 0 Å². The van der Waals surface area contributed by atoms with Crippen LogP contribution in [0.25, 0.3) is 23.0 Å². The van der Waals surface area contributed by atoms with E-state index in [0.717, 1.165) is 18.4 Å². The Kier molecular flexibility index (Phi) is 4.59. The summed E-state index contributed by atoms with van der Waals surface area (Å²) < 4.78 is 29.0. The van der Waals surface area contributed by atoms with Gasteiger partial charge in [-0.1, -0.05) is 12.1 Å². The van der Waals surface area contributed by atoms with E-state index in [0.29, 0.717) is 40.6 Å². The van der Waals surface area contributed by atoms with Gasteiger partial charge in [-0.25, -0.2) is 18.2 Å². The number of benzene rings is 1. The zero-order chi connectivity index (χ0) is 23.4. The summed E-state index contributed by atoms with van der Waals surface area (Å²) in [5.41, 5.74) is 2.59. The van der Waals surface area contributed by atoms with Crippen LogP contribution in [0.15, 0.2) is 46.3 Å². The molecule has 11 nitrogen and oxygen atoms in total. The minimum atomic E-state index is -3.39. The van der Waals surface area contributed by atoms with Gasteiger partial charge in [0.1, 0.15) is 5.69 Å². The number of anilines is 1. The number of nitrogens with one attached hydrogen (secondary N) is 3. The van der Waals surface area contributed by atoms with Crippen LogP contribution in [0.2, 0.25) is 0 Å². The average Bonchev–Trinajstić information content (AvgIpc) is 3.72. The third kappa shape index (κ3) is 3.96. The molecule has 0 atom stereocenters. The lowest BCUT2D eigenvalue weighted by atomic mass is 10.1. The molecule has 6 rings (SSSR count). The lowest BCUT2D eigenvalue weighted by molar-refractivity contribution is 0.454. The highest BCUT2D eigenvalue weighted by Crippen LogP contribution is 2.30. The van der Waals surface area contributed by atoms with E-state index < -0.39 is 15.7 Å². The number of aromatic nitrogens is 5. The van der Waals surface area contributed by atoms with Crippen LogP contribution >= 0.6 is 0 Å². The van der Waals surface area contributed by atoms with Crippen LogP contribution in [0.5, 0.6) is 5.88 Å². The molecule has 0 radical (unpaired) electrons. The predicted octanol–water partition coefficient (Wildman–Crippen LogP) is 0.633. The Morgan fingerprint density at radius 2 is 2.00 bits per heavy atom. The number of sulfonamides is 1. The molecule has 3 aromatic heterocycles. The summed E-state index contributed by atoms with van der Waals surface area (Å²) in [7, 11) is -3.39. The third-order valence-corrected chi connectivity index (χ3v) is 7.63. The van der Waals surface area contributed by atoms with Gasteiger partial charge in [-0.05, 0) is 43.9 Å². The second-order valence-electron chi connectivity index (χ2n) is 8.61. The van der Waals surface area contributed by atoms with E-state index >= 15 is 0 Å². The summed E-state index contributed by atoms with van der Waals surface area (Å²) in [6, 6.07) is 9.14. The normalized spacial score (nSPS) is 17.5. The molecule has 3 heterocycles. The molecule has 0 saturated heterocycles. The fourth-order valence-corrected chi connectivity index (χ4v) is 5.09. The first-order valence-corrected chi connectivity index (χ1v) is 12.5. The SMILES string of the molecule is O=c1[nH]c(O)c(C=c2cnn3c(=NC4CC4)cc(-c4cccc(NS(=O)(=O)C5CC5)c4)nc23)[nH]1. The summed E-state index contributed by atoms with van der Waals surface area (Å²) in [4.78, 5) is 25.8. The minimum absolute atomic E-state index is 0.212. The number of hydrogen-bond donors (Lipinski definition) is 4. The fraction of sp³-hybridized carbons (Fsp3) is 0.273. The van der Waals surface area contributed by atoms with Crippen molar-refractivity contribution in [3.8, 4) is 17.1 Å². The lowest BCUT2D eigenvalue weighted by Gasteiger charge is -2.09. The molecule has 4 aromatic rings. The van der Waals surface area contributed by atoms with Crippen LogP contribution in [0.4, 0.5) is 5.69 Å². The zero-order valence-electron chi connectivity index (χ0n) is 17.9. The van der Waals surface area contributed by atoms with Crippen LogP contribution in [-0.4, -0.2) is 49.4 Å². The molecular weight excluding hydrogens is 458 g/mol. The lowest BCUT2D eigenvalue weighted by Crippen LogP contribution is -2.19. The van der Waals surface area contributed by atoms with Gasteiger partial charge in [0.2, 0.25) is 15.9 Å². The van der Waals surface area contributed by atoms with Crippen LogP contribution in [0.1, 0.15) is 31.4 Å². The molecular formula is C22H21N7O4S. The molecule has 0 unspecified atom stereocenters. The van der Waals surface area contributed by atoms with Crippen molar-refractivity contribution in [3.05, 3.63) is 63.4 Å². The minimum Gasteiger partial charge on any atom is -0.493 e. The molecule has 0 amide bonds. The number of hydrogen-bond acceptors (Lipinski definition) is 7. The van der Waals surface area contributed by atoms with Gasteiger partial charge in [0.05, 0.1) is 23.2 Å². The molecule has 2 saturated carbocycles. The molecule has 2 aliphatic carbocycles. The highest BCUT2D eigenvalue weighted by atomic mass is 32.2. The van der Waals surface area contributed by atoms with Crippen molar-refractivity contribution in [2.24, 2.45) is 4.99 Å². The number of imidazole rings is 1. The highest BCUT2D eigenvalue weighted by Gasteiger charge is 2.35. The summed E-state index contributed by atoms with van der Waals surface area (Å²) in [5.74, 6) is -0.279. The first-order valence-electron chi connectivity index (χ1n) is 10.9. The number of aromatic hydroxyl groups is 1. The monoisotopic (exact) mass is 479 g/mol. The second-order valence-corrected chi connectivity index (χ2v) is 10.6. The standard InChI is InChI=1S/C22H21N7O4S/c30-21-18(26-22(31)27-21)9-13-11-23-29-19(24-14-4-5-14)10-17(25-20(13)29)12-2-1-3-15(8-12)28-34(32,33)16-6-7-16/h1-3,8-11,14,16,28,30H,4-7H2,(H2,26,27,31). The Balaban J connectivity index is 1.50. The number of aromatic amines is 2. The molecule has 0 bridgehead atoms. The van der Waals surface area contributed by atoms with Crippen molar-refractivity contribution < 1.29 is 13.5 Å². The molecule has 2 fully saturated rings. The van der Waals surface area contributed by atoms with Crippen molar-refractivity contribution in [3.63, 3.8) is 0 Å². The average molecular weight is 480 g/mol. The quantitative estimate of drug-likeness (QED) is 0.318. The van der Waals surface area contributed by atoms with E-state index in [-0.39, 0.29) is 22.9 Å². The van der Waals surface area contributed by atoms with Crippen LogP contribution in [-0.2, 0) is 10.0 Å². The summed E-state index contributed by atoms with van der Waals surface area (Å²) in [5, 5.41) is 14.6. The topological polar surface area (TPSA) is 158 Å². The van der Waals surface area contributed by atoms with Crippen LogP contribution in [0, 0.1) is 0 Å². The molecule has 34 heavy (non-hydrogen) atoms. The van der Waals surface area contributed by atoms with Crippen LogP contribution < -0.4 is 21.1 Å². The first kappa shape index (κ1) is 20.7. The Morgan fingerprint density at radius 3 is 2.71 bits per heavy atom. The number of rotatable bonds is 6.